The number of nitrogens with one attached hydrogen (secondary N) is 1. The first-order valence-electron chi connectivity index (χ1n) is 8.63. The molecule has 1 aromatic heterocycles. The smallest absolute Gasteiger partial charge is 0.251 e. The van der Waals surface area contributed by atoms with Gasteiger partial charge >= 0.3 is 0 Å². The SMILES string of the molecule is CSCC[C@@H](CO)NC(=O)c1ccc2nc(Cc3cccc(Cl)c3)oc2c1. The number of carbonyl (C=O) groups excluding carboxylic acids is 1. The van der Waals surface area contributed by atoms with Crippen molar-refractivity contribution in [3.63, 3.8) is 0 Å². The summed E-state index contributed by atoms with van der Waals surface area (Å²) in [5.74, 6) is 1.21. The number of nitrogens with zero attached hydrogens (tertiary/aromatic N) is 1. The van der Waals surface area contributed by atoms with Crippen LogP contribution in [0.4, 0.5) is 0 Å². The lowest BCUT2D eigenvalue weighted by Crippen LogP contribution is -2.37. The topological polar surface area (TPSA) is 75.4 Å². The molecular weight excluding hydrogens is 384 g/mol. The molecule has 1 amide bonds. The number of carbonyl (C=O) groups is 1. The molecule has 0 aliphatic carbocycles. The summed E-state index contributed by atoms with van der Waals surface area (Å²) >= 11 is 7.70. The van der Waals surface area contributed by atoms with Crippen molar-refractivity contribution in [2.24, 2.45) is 0 Å². The van der Waals surface area contributed by atoms with Gasteiger partial charge in [-0.3, -0.25) is 4.79 Å². The van der Waals surface area contributed by atoms with Gasteiger partial charge in [0.15, 0.2) is 11.5 Å². The average Bonchev–Trinajstić information content (AvgIpc) is 3.06. The van der Waals surface area contributed by atoms with Crippen LogP contribution < -0.4 is 5.32 Å². The first-order chi connectivity index (χ1) is 13.1. The molecule has 0 saturated heterocycles. The molecule has 5 nitrogen and oxygen atoms in total. The van der Waals surface area contributed by atoms with Gasteiger partial charge in [0.2, 0.25) is 0 Å². The van der Waals surface area contributed by atoms with Crippen LogP contribution >= 0.6 is 23.4 Å². The van der Waals surface area contributed by atoms with Crippen LogP contribution in [0.5, 0.6) is 0 Å². The summed E-state index contributed by atoms with van der Waals surface area (Å²) in [4.78, 5) is 16.9. The van der Waals surface area contributed by atoms with Gasteiger partial charge in [-0.05, 0) is 54.3 Å². The molecule has 1 atom stereocenters. The fraction of sp³-hybridized carbons (Fsp3) is 0.300. The third kappa shape index (κ3) is 5.25. The molecule has 142 valence electrons. The van der Waals surface area contributed by atoms with E-state index in [2.05, 4.69) is 10.3 Å². The molecular formula is C20H21ClN2O3S. The van der Waals surface area contributed by atoms with Gasteiger partial charge in [0.25, 0.3) is 5.91 Å². The maximum absolute atomic E-state index is 12.5. The van der Waals surface area contributed by atoms with Crippen molar-refractivity contribution in [2.75, 3.05) is 18.6 Å². The van der Waals surface area contributed by atoms with E-state index < -0.39 is 0 Å². The standard InChI is InChI=1S/C20H21ClN2O3S/c1-27-8-7-16(12-24)22-20(25)14-5-6-17-18(11-14)26-19(23-17)10-13-3-2-4-15(21)9-13/h2-6,9,11,16,24H,7-8,10,12H2,1H3,(H,22,25)/t16-/m0/s1. The summed E-state index contributed by atoms with van der Waals surface area (Å²) < 4.78 is 5.81. The number of halogens is 1. The third-order valence-electron chi connectivity index (χ3n) is 4.17. The van der Waals surface area contributed by atoms with Crippen molar-refractivity contribution in [1.82, 2.24) is 10.3 Å². The number of rotatable bonds is 8. The summed E-state index contributed by atoms with van der Waals surface area (Å²) in [5.41, 5.74) is 2.75. The first kappa shape index (κ1) is 19.7. The highest BCUT2D eigenvalue weighted by Gasteiger charge is 2.15. The molecule has 7 heteroatoms. The summed E-state index contributed by atoms with van der Waals surface area (Å²) in [6.07, 6.45) is 3.24. The fourth-order valence-corrected chi connectivity index (χ4v) is 3.48. The second kappa shape index (κ2) is 9.26. The Morgan fingerprint density at radius 1 is 1.33 bits per heavy atom. The van der Waals surface area contributed by atoms with Gasteiger partial charge in [-0.1, -0.05) is 23.7 Å². The number of aliphatic hydroxyl groups excluding tert-OH is 1. The van der Waals surface area contributed by atoms with E-state index in [-0.39, 0.29) is 18.6 Å². The van der Waals surface area contributed by atoms with Crippen LogP contribution in [0, 0.1) is 0 Å². The third-order valence-corrected chi connectivity index (χ3v) is 5.04. The zero-order valence-corrected chi connectivity index (χ0v) is 16.5. The molecule has 0 aliphatic heterocycles. The molecule has 2 aromatic carbocycles. The van der Waals surface area contributed by atoms with Gasteiger partial charge in [-0.25, -0.2) is 4.98 Å². The van der Waals surface area contributed by atoms with Crippen LogP contribution in [0.3, 0.4) is 0 Å². The van der Waals surface area contributed by atoms with E-state index in [1.165, 1.54) is 0 Å². The summed E-state index contributed by atoms with van der Waals surface area (Å²) in [5, 5.41) is 12.9. The van der Waals surface area contributed by atoms with E-state index >= 15 is 0 Å². The number of aliphatic hydroxyl groups is 1. The minimum absolute atomic E-state index is 0.0827. The lowest BCUT2D eigenvalue weighted by atomic mass is 10.1. The molecule has 0 bridgehead atoms. The van der Waals surface area contributed by atoms with Gasteiger partial charge in [-0.15, -0.1) is 0 Å². The van der Waals surface area contributed by atoms with Gasteiger partial charge < -0.3 is 14.8 Å². The largest absolute Gasteiger partial charge is 0.440 e. The van der Waals surface area contributed by atoms with E-state index in [4.69, 9.17) is 16.0 Å². The lowest BCUT2D eigenvalue weighted by Gasteiger charge is -2.15. The number of hydrogen-bond donors (Lipinski definition) is 2. The van der Waals surface area contributed by atoms with Crippen molar-refractivity contribution in [2.45, 2.75) is 18.9 Å². The van der Waals surface area contributed by atoms with Gasteiger partial charge in [0.05, 0.1) is 12.6 Å². The highest BCUT2D eigenvalue weighted by atomic mass is 35.5. The first-order valence-corrected chi connectivity index (χ1v) is 10.4. The number of fused-ring (bicyclic) bond motifs is 1. The van der Waals surface area contributed by atoms with Crippen molar-refractivity contribution in [1.29, 1.82) is 0 Å². The van der Waals surface area contributed by atoms with Crippen molar-refractivity contribution in [3.8, 4) is 0 Å². The number of hydrogen-bond acceptors (Lipinski definition) is 5. The Morgan fingerprint density at radius 3 is 2.93 bits per heavy atom. The number of thioether (sulfide) groups is 1. The number of benzene rings is 2. The predicted molar refractivity (Wildman–Crippen MR) is 110 cm³/mol. The van der Waals surface area contributed by atoms with E-state index in [1.54, 1.807) is 30.0 Å². The minimum Gasteiger partial charge on any atom is -0.440 e. The van der Waals surface area contributed by atoms with Gasteiger partial charge in [-0.2, -0.15) is 11.8 Å². The monoisotopic (exact) mass is 404 g/mol. The second-order valence-corrected chi connectivity index (χ2v) is 7.65. The van der Waals surface area contributed by atoms with Crippen LogP contribution in [0.25, 0.3) is 11.1 Å². The minimum atomic E-state index is -0.256. The molecule has 0 unspecified atom stereocenters. The Hall–Kier alpha value is -2.02. The maximum Gasteiger partial charge on any atom is 0.251 e. The van der Waals surface area contributed by atoms with Crippen LogP contribution in [0.2, 0.25) is 5.02 Å². The van der Waals surface area contributed by atoms with Crippen LogP contribution in [0.1, 0.15) is 28.2 Å². The molecule has 0 aliphatic rings. The zero-order valence-electron chi connectivity index (χ0n) is 14.9. The molecule has 0 fully saturated rings. The average molecular weight is 405 g/mol. The Labute approximate surface area is 167 Å². The quantitative estimate of drug-likeness (QED) is 0.595. The van der Waals surface area contributed by atoms with Gasteiger partial charge in [0, 0.05) is 17.0 Å². The highest BCUT2D eigenvalue weighted by Crippen LogP contribution is 2.21. The molecule has 0 radical (unpaired) electrons. The Kier molecular flexibility index (Phi) is 6.77. The molecule has 0 saturated carbocycles. The van der Waals surface area contributed by atoms with Crippen LogP contribution in [-0.4, -0.2) is 40.7 Å². The number of amides is 1. The van der Waals surface area contributed by atoms with E-state index in [9.17, 15) is 9.90 Å². The molecule has 27 heavy (non-hydrogen) atoms. The molecule has 2 N–H and O–H groups in total. The van der Waals surface area contributed by atoms with E-state index in [1.807, 2.05) is 30.5 Å². The van der Waals surface area contributed by atoms with Crippen molar-refractivity contribution >= 4 is 40.4 Å². The summed E-state index contributed by atoms with van der Waals surface area (Å²) in [6.45, 7) is -0.0827. The Balaban J connectivity index is 1.74. The van der Waals surface area contributed by atoms with Crippen molar-refractivity contribution in [3.05, 3.63) is 64.5 Å². The molecule has 1 heterocycles. The second-order valence-electron chi connectivity index (χ2n) is 6.23. The van der Waals surface area contributed by atoms with Crippen molar-refractivity contribution < 1.29 is 14.3 Å². The fourth-order valence-electron chi connectivity index (χ4n) is 2.75. The van der Waals surface area contributed by atoms with E-state index in [0.29, 0.717) is 34.0 Å². The summed E-state index contributed by atoms with van der Waals surface area (Å²) in [7, 11) is 0. The van der Waals surface area contributed by atoms with Crippen LogP contribution in [-0.2, 0) is 6.42 Å². The molecule has 3 rings (SSSR count). The Bertz CT molecular complexity index is 928. The Morgan fingerprint density at radius 2 is 2.19 bits per heavy atom. The molecule has 3 aromatic rings. The number of aromatic nitrogens is 1. The number of oxazole rings is 1. The highest BCUT2D eigenvalue weighted by molar-refractivity contribution is 7.98. The van der Waals surface area contributed by atoms with Crippen LogP contribution in [0.15, 0.2) is 46.9 Å². The van der Waals surface area contributed by atoms with E-state index in [0.717, 1.165) is 17.7 Å². The predicted octanol–water partition coefficient (Wildman–Crippen LogP) is 3.92. The molecule has 0 spiro atoms. The lowest BCUT2D eigenvalue weighted by molar-refractivity contribution is 0.0915. The maximum atomic E-state index is 12.5. The van der Waals surface area contributed by atoms with Gasteiger partial charge in [0.1, 0.15) is 5.52 Å². The normalized spacial score (nSPS) is 12.3. The summed E-state index contributed by atoms with van der Waals surface area (Å²) in [6, 6.07) is 12.5. The zero-order chi connectivity index (χ0) is 19.2.